The van der Waals surface area contributed by atoms with Gasteiger partial charge in [-0.15, -0.1) is 0 Å². The van der Waals surface area contributed by atoms with Crippen molar-refractivity contribution >= 4 is 32.8 Å². The lowest BCUT2D eigenvalue weighted by molar-refractivity contribution is 0.0699. The fourth-order valence-electron chi connectivity index (χ4n) is 2.38. The van der Waals surface area contributed by atoms with E-state index in [9.17, 15) is 9.90 Å². The Labute approximate surface area is 124 Å². The van der Waals surface area contributed by atoms with Gasteiger partial charge in [0.25, 0.3) is 0 Å². The predicted molar refractivity (Wildman–Crippen MR) is 83.0 cm³/mol. The van der Waals surface area contributed by atoms with Crippen LogP contribution in [0.1, 0.15) is 10.4 Å². The maximum absolute atomic E-state index is 11.3. The molecule has 0 spiro atoms. The molecule has 0 saturated carbocycles. The van der Waals surface area contributed by atoms with Crippen molar-refractivity contribution in [1.29, 1.82) is 0 Å². The van der Waals surface area contributed by atoms with E-state index in [1.165, 1.54) is 0 Å². The molecule has 4 heteroatoms. The van der Waals surface area contributed by atoms with Gasteiger partial charge >= 0.3 is 5.97 Å². The van der Waals surface area contributed by atoms with Gasteiger partial charge in [-0.1, -0.05) is 34.1 Å². The van der Waals surface area contributed by atoms with Gasteiger partial charge in [-0.2, -0.15) is 0 Å². The average molecular weight is 330 g/mol. The molecule has 3 aromatic rings. The number of carboxylic acid groups (broad SMARTS) is 1. The Kier molecular flexibility index (Phi) is 3.10. The fraction of sp³-hybridized carbons (Fsp3) is 0.0625. The molecule has 100 valence electrons. The first kappa shape index (κ1) is 12.9. The zero-order valence-electron chi connectivity index (χ0n) is 10.8. The summed E-state index contributed by atoms with van der Waals surface area (Å²) in [7, 11) is 1.86. The molecule has 0 aliphatic heterocycles. The topological polar surface area (TPSA) is 42.2 Å². The standard InChI is InChI=1S/C16H12BrNO2/c1-18-9-14(16(19)20)13-8-11(4-7-15(13)18)10-2-5-12(17)6-3-10/h2-9H,1H3,(H,19,20). The Morgan fingerprint density at radius 3 is 2.40 bits per heavy atom. The predicted octanol–water partition coefficient (Wildman–Crippen LogP) is 4.31. The highest BCUT2D eigenvalue weighted by atomic mass is 79.9. The maximum atomic E-state index is 11.3. The Bertz CT molecular complexity index is 803. The third-order valence-corrected chi connectivity index (χ3v) is 3.93. The van der Waals surface area contributed by atoms with Gasteiger partial charge in [0, 0.05) is 28.6 Å². The number of hydrogen-bond donors (Lipinski definition) is 1. The summed E-state index contributed by atoms with van der Waals surface area (Å²) >= 11 is 3.41. The van der Waals surface area contributed by atoms with Crippen LogP contribution in [-0.4, -0.2) is 15.6 Å². The lowest BCUT2D eigenvalue weighted by atomic mass is 10.0. The van der Waals surface area contributed by atoms with Crippen molar-refractivity contribution in [3.8, 4) is 11.1 Å². The molecular formula is C16H12BrNO2. The van der Waals surface area contributed by atoms with Gasteiger partial charge in [-0.3, -0.25) is 0 Å². The number of nitrogens with zero attached hydrogens (tertiary/aromatic N) is 1. The maximum Gasteiger partial charge on any atom is 0.337 e. The normalized spacial score (nSPS) is 10.9. The monoisotopic (exact) mass is 329 g/mol. The van der Waals surface area contributed by atoms with E-state index in [0.717, 1.165) is 26.5 Å². The van der Waals surface area contributed by atoms with Gasteiger partial charge in [0.1, 0.15) is 0 Å². The minimum absolute atomic E-state index is 0.335. The minimum atomic E-state index is -0.899. The number of aromatic nitrogens is 1. The van der Waals surface area contributed by atoms with Crippen LogP contribution in [0.3, 0.4) is 0 Å². The third kappa shape index (κ3) is 2.12. The fourth-order valence-corrected chi connectivity index (χ4v) is 2.65. The molecular weight excluding hydrogens is 318 g/mol. The van der Waals surface area contributed by atoms with Crippen LogP contribution >= 0.6 is 15.9 Å². The first-order valence-electron chi connectivity index (χ1n) is 6.14. The Morgan fingerprint density at radius 2 is 1.75 bits per heavy atom. The van der Waals surface area contributed by atoms with Gasteiger partial charge in [-0.05, 0) is 35.4 Å². The molecule has 0 saturated heterocycles. The molecule has 0 radical (unpaired) electrons. The second-order valence-corrected chi connectivity index (χ2v) is 5.61. The number of halogens is 1. The molecule has 0 fully saturated rings. The summed E-state index contributed by atoms with van der Waals surface area (Å²) in [6, 6.07) is 13.9. The van der Waals surface area contributed by atoms with Gasteiger partial charge < -0.3 is 9.67 Å². The Hall–Kier alpha value is -2.07. The molecule has 0 atom stereocenters. The van der Waals surface area contributed by atoms with Crippen LogP contribution in [0.15, 0.2) is 53.1 Å². The van der Waals surface area contributed by atoms with E-state index in [1.807, 2.05) is 54.1 Å². The summed E-state index contributed by atoms with van der Waals surface area (Å²) in [5, 5.41) is 10.0. The van der Waals surface area contributed by atoms with E-state index in [2.05, 4.69) is 15.9 Å². The number of aromatic carboxylic acids is 1. The first-order valence-corrected chi connectivity index (χ1v) is 6.94. The highest BCUT2D eigenvalue weighted by molar-refractivity contribution is 9.10. The molecule has 1 N–H and O–H groups in total. The van der Waals surface area contributed by atoms with E-state index in [-0.39, 0.29) is 0 Å². The SMILES string of the molecule is Cn1cc(C(=O)O)c2cc(-c3ccc(Br)cc3)ccc21. The van der Waals surface area contributed by atoms with Crippen LogP contribution < -0.4 is 0 Å². The van der Waals surface area contributed by atoms with Crippen LogP contribution in [0.2, 0.25) is 0 Å². The molecule has 20 heavy (non-hydrogen) atoms. The van der Waals surface area contributed by atoms with Crippen molar-refractivity contribution in [2.45, 2.75) is 0 Å². The van der Waals surface area contributed by atoms with Crippen molar-refractivity contribution in [2.75, 3.05) is 0 Å². The van der Waals surface area contributed by atoms with Crippen molar-refractivity contribution in [2.24, 2.45) is 7.05 Å². The van der Waals surface area contributed by atoms with Crippen LogP contribution in [-0.2, 0) is 7.05 Å². The second kappa shape index (κ2) is 4.80. The molecule has 0 aliphatic carbocycles. The molecule has 1 heterocycles. The molecule has 2 aromatic carbocycles. The van der Waals surface area contributed by atoms with Crippen LogP contribution in [0.4, 0.5) is 0 Å². The molecule has 3 rings (SSSR count). The van der Waals surface area contributed by atoms with E-state index in [4.69, 9.17) is 0 Å². The summed E-state index contributed by atoms with van der Waals surface area (Å²) in [4.78, 5) is 11.3. The van der Waals surface area contributed by atoms with Gasteiger partial charge in [0.2, 0.25) is 0 Å². The molecule has 0 bridgehead atoms. The second-order valence-electron chi connectivity index (χ2n) is 4.70. The molecule has 0 amide bonds. The zero-order valence-corrected chi connectivity index (χ0v) is 12.4. The largest absolute Gasteiger partial charge is 0.478 e. The quantitative estimate of drug-likeness (QED) is 0.761. The third-order valence-electron chi connectivity index (χ3n) is 3.40. The summed E-state index contributed by atoms with van der Waals surface area (Å²) in [5.74, 6) is -0.899. The summed E-state index contributed by atoms with van der Waals surface area (Å²) < 4.78 is 2.86. The van der Waals surface area contributed by atoms with Crippen LogP contribution in [0, 0.1) is 0 Å². The number of carboxylic acids is 1. The lowest BCUT2D eigenvalue weighted by Gasteiger charge is -2.04. The number of hydrogen-bond acceptors (Lipinski definition) is 1. The van der Waals surface area contributed by atoms with Crippen molar-refractivity contribution in [1.82, 2.24) is 4.57 Å². The highest BCUT2D eigenvalue weighted by Crippen LogP contribution is 2.28. The van der Waals surface area contributed by atoms with Crippen LogP contribution in [0.5, 0.6) is 0 Å². The van der Waals surface area contributed by atoms with Crippen molar-refractivity contribution in [3.63, 3.8) is 0 Å². The molecule has 0 unspecified atom stereocenters. The summed E-state index contributed by atoms with van der Waals surface area (Å²) in [6.07, 6.45) is 1.65. The minimum Gasteiger partial charge on any atom is -0.478 e. The van der Waals surface area contributed by atoms with E-state index >= 15 is 0 Å². The zero-order chi connectivity index (χ0) is 14.3. The summed E-state index contributed by atoms with van der Waals surface area (Å²) in [6.45, 7) is 0. The Balaban J connectivity index is 2.21. The first-order chi connectivity index (χ1) is 9.56. The number of carbonyl (C=O) groups is 1. The van der Waals surface area contributed by atoms with Gasteiger partial charge in [-0.25, -0.2) is 4.79 Å². The van der Waals surface area contributed by atoms with E-state index < -0.39 is 5.97 Å². The van der Waals surface area contributed by atoms with Gasteiger partial charge in [0.15, 0.2) is 0 Å². The van der Waals surface area contributed by atoms with E-state index in [0.29, 0.717) is 5.56 Å². The molecule has 0 aliphatic rings. The van der Waals surface area contributed by atoms with Crippen LogP contribution in [0.25, 0.3) is 22.0 Å². The average Bonchev–Trinajstić information content (AvgIpc) is 2.77. The van der Waals surface area contributed by atoms with E-state index in [1.54, 1.807) is 6.20 Å². The Morgan fingerprint density at radius 1 is 1.10 bits per heavy atom. The number of aryl methyl sites for hydroxylation is 1. The van der Waals surface area contributed by atoms with Crippen molar-refractivity contribution < 1.29 is 9.90 Å². The lowest BCUT2D eigenvalue weighted by Crippen LogP contribution is -1.94. The number of benzene rings is 2. The molecule has 3 nitrogen and oxygen atoms in total. The number of fused-ring (bicyclic) bond motifs is 1. The highest BCUT2D eigenvalue weighted by Gasteiger charge is 2.13. The van der Waals surface area contributed by atoms with Crippen molar-refractivity contribution in [3.05, 3.63) is 58.7 Å². The summed E-state index contributed by atoms with van der Waals surface area (Å²) in [5.41, 5.74) is 3.33. The van der Waals surface area contributed by atoms with Gasteiger partial charge in [0.05, 0.1) is 5.56 Å². The smallest absolute Gasteiger partial charge is 0.337 e. The molecule has 1 aromatic heterocycles. The number of rotatable bonds is 2.